The lowest BCUT2D eigenvalue weighted by Crippen LogP contribution is -2.29. The summed E-state index contributed by atoms with van der Waals surface area (Å²) >= 11 is 0. The van der Waals surface area contributed by atoms with Crippen molar-refractivity contribution in [2.24, 2.45) is 0 Å². The highest BCUT2D eigenvalue weighted by atomic mass is 16.5. The number of benzene rings is 2. The van der Waals surface area contributed by atoms with Crippen molar-refractivity contribution in [2.75, 3.05) is 43.1 Å². The maximum absolute atomic E-state index is 12.9. The van der Waals surface area contributed by atoms with Crippen LogP contribution in [0.15, 0.2) is 48.5 Å². The lowest BCUT2D eigenvalue weighted by atomic mass is 10.1. The van der Waals surface area contributed by atoms with E-state index in [4.69, 9.17) is 4.74 Å². The molecule has 0 radical (unpaired) electrons. The summed E-state index contributed by atoms with van der Waals surface area (Å²) in [5.74, 6) is -0.217. The summed E-state index contributed by atoms with van der Waals surface area (Å²) in [6.07, 6.45) is 3.33. The number of ether oxygens (including phenoxy) is 1. The smallest absolute Gasteiger partial charge is 0.253 e. The standard InChI is InChI=1S/C24H31N3O3/c1-2-30-16-8-13-25-24(29)21-18-20(11-12-22(21)27-14-6-7-15-27)26-23(28)17-19-9-4-3-5-10-19/h3-5,9-12,18H,2,6-8,13-17H2,1H3,(H,25,29)(H,26,28). The first-order chi connectivity index (χ1) is 14.7. The van der Waals surface area contributed by atoms with E-state index < -0.39 is 0 Å². The van der Waals surface area contributed by atoms with E-state index in [1.165, 1.54) is 0 Å². The maximum atomic E-state index is 12.9. The number of rotatable bonds is 10. The van der Waals surface area contributed by atoms with Gasteiger partial charge in [0.15, 0.2) is 0 Å². The fraction of sp³-hybridized carbons (Fsp3) is 0.417. The first-order valence-electron chi connectivity index (χ1n) is 10.8. The Morgan fingerprint density at radius 3 is 2.57 bits per heavy atom. The van der Waals surface area contributed by atoms with Crippen LogP contribution in [0.3, 0.4) is 0 Å². The third-order valence-corrected chi connectivity index (χ3v) is 5.13. The van der Waals surface area contributed by atoms with Crippen LogP contribution in [-0.2, 0) is 16.0 Å². The number of hydrogen-bond acceptors (Lipinski definition) is 4. The zero-order valence-corrected chi connectivity index (χ0v) is 17.7. The summed E-state index contributed by atoms with van der Waals surface area (Å²) in [6.45, 7) is 5.72. The lowest BCUT2D eigenvalue weighted by Gasteiger charge is -2.22. The summed E-state index contributed by atoms with van der Waals surface area (Å²) in [5, 5.41) is 5.91. The van der Waals surface area contributed by atoms with E-state index in [0.29, 0.717) is 37.4 Å². The Morgan fingerprint density at radius 1 is 1.07 bits per heavy atom. The van der Waals surface area contributed by atoms with Crippen LogP contribution in [0.25, 0.3) is 0 Å². The van der Waals surface area contributed by atoms with E-state index in [-0.39, 0.29) is 11.8 Å². The van der Waals surface area contributed by atoms with Gasteiger partial charge in [0.1, 0.15) is 0 Å². The Morgan fingerprint density at radius 2 is 1.83 bits per heavy atom. The average molecular weight is 410 g/mol. The van der Waals surface area contributed by atoms with Gasteiger partial charge in [-0.05, 0) is 49.9 Å². The van der Waals surface area contributed by atoms with E-state index >= 15 is 0 Å². The molecular formula is C24H31N3O3. The molecule has 0 aliphatic carbocycles. The number of nitrogens with one attached hydrogen (secondary N) is 2. The van der Waals surface area contributed by atoms with Crippen molar-refractivity contribution in [3.63, 3.8) is 0 Å². The van der Waals surface area contributed by atoms with E-state index in [1.807, 2.05) is 49.4 Å². The van der Waals surface area contributed by atoms with Gasteiger partial charge in [-0.15, -0.1) is 0 Å². The molecule has 1 saturated heterocycles. The second-order valence-corrected chi connectivity index (χ2v) is 7.44. The largest absolute Gasteiger partial charge is 0.382 e. The quantitative estimate of drug-likeness (QED) is 0.588. The van der Waals surface area contributed by atoms with Crippen molar-refractivity contribution in [2.45, 2.75) is 32.6 Å². The highest BCUT2D eigenvalue weighted by molar-refractivity contribution is 6.02. The molecule has 160 valence electrons. The minimum Gasteiger partial charge on any atom is -0.382 e. The third-order valence-electron chi connectivity index (χ3n) is 5.13. The van der Waals surface area contributed by atoms with Crippen molar-refractivity contribution in [1.29, 1.82) is 0 Å². The SMILES string of the molecule is CCOCCCNC(=O)c1cc(NC(=O)Cc2ccccc2)ccc1N1CCCC1. The molecule has 0 spiro atoms. The van der Waals surface area contributed by atoms with E-state index in [9.17, 15) is 9.59 Å². The zero-order chi connectivity index (χ0) is 21.2. The van der Waals surface area contributed by atoms with Gasteiger partial charge in [-0.2, -0.15) is 0 Å². The molecular weight excluding hydrogens is 378 g/mol. The first-order valence-corrected chi connectivity index (χ1v) is 10.8. The van der Waals surface area contributed by atoms with Crippen molar-refractivity contribution >= 4 is 23.2 Å². The summed E-state index contributed by atoms with van der Waals surface area (Å²) in [7, 11) is 0. The summed E-state index contributed by atoms with van der Waals surface area (Å²) in [6, 6.07) is 15.2. The van der Waals surface area contributed by atoms with Gasteiger partial charge in [-0.1, -0.05) is 30.3 Å². The van der Waals surface area contributed by atoms with Gasteiger partial charge in [-0.25, -0.2) is 0 Å². The lowest BCUT2D eigenvalue weighted by molar-refractivity contribution is -0.115. The number of hydrogen-bond donors (Lipinski definition) is 2. The van der Waals surface area contributed by atoms with Gasteiger partial charge in [0.25, 0.3) is 5.91 Å². The zero-order valence-electron chi connectivity index (χ0n) is 17.7. The van der Waals surface area contributed by atoms with Crippen molar-refractivity contribution < 1.29 is 14.3 Å². The van der Waals surface area contributed by atoms with Crippen molar-refractivity contribution in [3.8, 4) is 0 Å². The van der Waals surface area contributed by atoms with Crippen LogP contribution >= 0.6 is 0 Å². The number of nitrogens with zero attached hydrogens (tertiary/aromatic N) is 1. The van der Waals surface area contributed by atoms with Crippen LogP contribution in [0.1, 0.15) is 42.1 Å². The fourth-order valence-electron chi connectivity index (χ4n) is 3.63. The monoisotopic (exact) mass is 409 g/mol. The third kappa shape index (κ3) is 6.32. The molecule has 30 heavy (non-hydrogen) atoms. The molecule has 3 rings (SSSR count). The fourth-order valence-corrected chi connectivity index (χ4v) is 3.63. The Balaban J connectivity index is 1.69. The van der Waals surface area contributed by atoms with Gasteiger partial charge in [0.05, 0.1) is 12.0 Å². The average Bonchev–Trinajstić information content (AvgIpc) is 3.29. The number of carbonyl (C=O) groups excluding carboxylic acids is 2. The van der Waals surface area contributed by atoms with Gasteiger partial charge in [-0.3, -0.25) is 9.59 Å². The first kappa shape index (κ1) is 21.8. The summed E-state index contributed by atoms with van der Waals surface area (Å²) in [5.41, 5.74) is 3.12. The molecule has 1 aliphatic rings. The van der Waals surface area contributed by atoms with Gasteiger partial charge in [0, 0.05) is 44.2 Å². The highest BCUT2D eigenvalue weighted by Crippen LogP contribution is 2.27. The predicted molar refractivity (Wildman–Crippen MR) is 120 cm³/mol. The molecule has 0 unspecified atom stereocenters. The summed E-state index contributed by atoms with van der Waals surface area (Å²) in [4.78, 5) is 27.6. The second kappa shape index (κ2) is 11.4. The van der Waals surface area contributed by atoms with E-state index in [1.54, 1.807) is 6.07 Å². The molecule has 1 fully saturated rings. The predicted octanol–water partition coefficient (Wildman–Crippen LogP) is 3.62. The summed E-state index contributed by atoms with van der Waals surface area (Å²) < 4.78 is 5.33. The minimum atomic E-state index is -0.118. The number of amides is 2. The highest BCUT2D eigenvalue weighted by Gasteiger charge is 2.20. The molecule has 0 bridgehead atoms. The second-order valence-electron chi connectivity index (χ2n) is 7.44. The molecule has 2 amide bonds. The maximum Gasteiger partial charge on any atom is 0.253 e. The topological polar surface area (TPSA) is 70.7 Å². The molecule has 6 nitrogen and oxygen atoms in total. The number of carbonyl (C=O) groups is 2. The van der Waals surface area contributed by atoms with Crippen LogP contribution in [0, 0.1) is 0 Å². The Kier molecular flexibility index (Phi) is 8.27. The molecule has 2 N–H and O–H groups in total. The van der Waals surface area contributed by atoms with Crippen LogP contribution < -0.4 is 15.5 Å². The molecule has 0 aromatic heterocycles. The Hall–Kier alpha value is -2.86. The van der Waals surface area contributed by atoms with Crippen LogP contribution in [-0.4, -0.2) is 44.7 Å². The molecule has 1 aliphatic heterocycles. The van der Waals surface area contributed by atoms with Crippen LogP contribution in [0.2, 0.25) is 0 Å². The molecule has 2 aromatic rings. The van der Waals surface area contributed by atoms with Gasteiger partial charge < -0.3 is 20.3 Å². The van der Waals surface area contributed by atoms with Gasteiger partial charge >= 0.3 is 0 Å². The Labute approximate surface area is 178 Å². The molecule has 1 heterocycles. The van der Waals surface area contributed by atoms with Crippen LogP contribution in [0.5, 0.6) is 0 Å². The van der Waals surface area contributed by atoms with E-state index in [2.05, 4.69) is 15.5 Å². The molecule has 2 aromatic carbocycles. The van der Waals surface area contributed by atoms with Crippen molar-refractivity contribution in [3.05, 3.63) is 59.7 Å². The van der Waals surface area contributed by atoms with Gasteiger partial charge in [0.2, 0.25) is 5.91 Å². The Bertz CT molecular complexity index is 833. The number of anilines is 2. The minimum absolute atomic E-state index is 0.0989. The van der Waals surface area contributed by atoms with Crippen LogP contribution in [0.4, 0.5) is 11.4 Å². The molecule has 0 atom stereocenters. The van der Waals surface area contributed by atoms with Crippen molar-refractivity contribution in [1.82, 2.24) is 5.32 Å². The molecule has 6 heteroatoms. The normalized spacial score (nSPS) is 13.3. The molecule has 0 saturated carbocycles. The van der Waals surface area contributed by atoms with E-state index in [0.717, 1.165) is 43.6 Å².